The summed E-state index contributed by atoms with van der Waals surface area (Å²) in [4.78, 5) is 10.2. The van der Waals surface area contributed by atoms with E-state index in [1.165, 1.54) is 12.8 Å². The SMILES string of the molecule is Cc1cc2nc3ccccc3n(-c3ccccc3CC(C)(C)F)c-2cc1=NC1CCC(C)CC1. The van der Waals surface area contributed by atoms with Gasteiger partial charge in [-0.2, -0.15) is 0 Å². The first-order valence-electron chi connectivity index (χ1n) is 12.5. The van der Waals surface area contributed by atoms with E-state index in [1.54, 1.807) is 13.8 Å². The molecular weight excluding hydrogens is 421 g/mol. The third kappa shape index (κ3) is 4.64. The molecule has 0 unspecified atom stereocenters. The highest BCUT2D eigenvalue weighted by molar-refractivity contribution is 5.83. The van der Waals surface area contributed by atoms with Crippen LogP contribution < -0.4 is 5.36 Å². The number of fused-ring (bicyclic) bond motifs is 2. The van der Waals surface area contributed by atoms with Crippen molar-refractivity contribution < 1.29 is 4.39 Å². The molecule has 5 rings (SSSR count). The average molecular weight is 456 g/mol. The van der Waals surface area contributed by atoms with E-state index in [2.05, 4.69) is 42.7 Å². The molecule has 0 aromatic heterocycles. The first-order valence-corrected chi connectivity index (χ1v) is 12.5. The normalized spacial score (nSPS) is 19.7. The summed E-state index contributed by atoms with van der Waals surface area (Å²) >= 11 is 0. The summed E-state index contributed by atoms with van der Waals surface area (Å²) in [5.41, 5.74) is 5.72. The first kappa shape index (κ1) is 22.8. The maximum Gasteiger partial charge on any atom is 0.109 e. The van der Waals surface area contributed by atoms with Crippen molar-refractivity contribution in [3.63, 3.8) is 0 Å². The van der Waals surface area contributed by atoms with E-state index < -0.39 is 5.67 Å². The minimum absolute atomic E-state index is 0.345. The van der Waals surface area contributed by atoms with Crippen LogP contribution in [0, 0.1) is 12.8 Å². The summed E-state index contributed by atoms with van der Waals surface area (Å²) in [6.45, 7) is 7.75. The van der Waals surface area contributed by atoms with Gasteiger partial charge in [-0.1, -0.05) is 37.3 Å². The van der Waals surface area contributed by atoms with Gasteiger partial charge in [-0.25, -0.2) is 9.37 Å². The molecule has 0 amide bonds. The largest absolute Gasteiger partial charge is 0.306 e. The van der Waals surface area contributed by atoms with Crippen molar-refractivity contribution >= 4 is 11.0 Å². The highest BCUT2D eigenvalue weighted by Gasteiger charge is 2.22. The molecule has 0 radical (unpaired) electrons. The first-order chi connectivity index (χ1) is 16.3. The number of halogens is 1. The molecule has 3 aliphatic rings. The van der Waals surface area contributed by atoms with Crippen LogP contribution in [0.4, 0.5) is 4.39 Å². The molecule has 0 bridgehead atoms. The number of hydrogen-bond acceptors (Lipinski definition) is 2. The van der Waals surface area contributed by atoms with E-state index in [4.69, 9.17) is 9.98 Å². The fourth-order valence-corrected chi connectivity index (χ4v) is 5.24. The maximum absolute atomic E-state index is 14.8. The number of para-hydroxylation sites is 3. The topological polar surface area (TPSA) is 30.2 Å². The van der Waals surface area contributed by atoms with Gasteiger partial charge in [0.25, 0.3) is 0 Å². The van der Waals surface area contributed by atoms with Gasteiger partial charge in [0.1, 0.15) is 5.67 Å². The van der Waals surface area contributed by atoms with E-state index >= 15 is 0 Å². The second kappa shape index (κ2) is 8.98. The molecule has 2 aliphatic carbocycles. The van der Waals surface area contributed by atoms with E-state index in [1.807, 2.05) is 36.4 Å². The molecule has 1 fully saturated rings. The molecule has 0 atom stereocenters. The molecule has 2 aromatic rings. The lowest BCUT2D eigenvalue weighted by atomic mass is 9.88. The zero-order chi connectivity index (χ0) is 23.9. The highest BCUT2D eigenvalue weighted by Crippen LogP contribution is 2.32. The maximum atomic E-state index is 14.8. The Morgan fingerprint density at radius 2 is 1.71 bits per heavy atom. The molecule has 34 heavy (non-hydrogen) atoms. The Balaban J connectivity index is 1.77. The third-order valence-corrected chi connectivity index (χ3v) is 7.05. The summed E-state index contributed by atoms with van der Waals surface area (Å²) < 4.78 is 17.0. The summed E-state index contributed by atoms with van der Waals surface area (Å²) in [5.74, 6) is 0.804. The number of rotatable bonds is 4. The molecule has 2 aromatic carbocycles. The summed E-state index contributed by atoms with van der Waals surface area (Å²) in [7, 11) is 0. The molecule has 0 saturated heterocycles. The molecule has 3 nitrogen and oxygen atoms in total. The minimum Gasteiger partial charge on any atom is -0.306 e. The minimum atomic E-state index is -1.30. The van der Waals surface area contributed by atoms with Crippen LogP contribution in [0.3, 0.4) is 0 Å². The molecule has 176 valence electrons. The fraction of sp³-hybridized carbons (Fsp3) is 0.400. The molecule has 0 N–H and O–H groups in total. The van der Waals surface area contributed by atoms with Crippen LogP contribution in [0.2, 0.25) is 0 Å². The van der Waals surface area contributed by atoms with Crippen LogP contribution in [0.5, 0.6) is 0 Å². The second-order valence-corrected chi connectivity index (χ2v) is 10.6. The Bertz CT molecular complexity index is 1350. The van der Waals surface area contributed by atoms with Gasteiger partial charge in [-0.05, 0) is 93.8 Å². The van der Waals surface area contributed by atoms with Gasteiger partial charge < -0.3 is 4.57 Å². The van der Waals surface area contributed by atoms with Gasteiger partial charge in [0.2, 0.25) is 0 Å². The van der Waals surface area contributed by atoms with Crippen LogP contribution >= 0.6 is 0 Å². The molecule has 1 aliphatic heterocycles. The highest BCUT2D eigenvalue weighted by atomic mass is 19.1. The van der Waals surface area contributed by atoms with Crippen molar-refractivity contribution in [1.29, 1.82) is 0 Å². The van der Waals surface area contributed by atoms with Crippen LogP contribution in [0.25, 0.3) is 28.1 Å². The predicted octanol–water partition coefficient (Wildman–Crippen LogP) is 7.21. The number of aromatic nitrogens is 2. The Morgan fingerprint density at radius 1 is 1.00 bits per heavy atom. The smallest absolute Gasteiger partial charge is 0.109 e. The Kier molecular flexibility index (Phi) is 6.01. The van der Waals surface area contributed by atoms with E-state index in [0.717, 1.165) is 63.4 Å². The number of hydrogen-bond donors (Lipinski definition) is 0. The average Bonchev–Trinajstić information content (AvgIpc) is 2.79. The Morgan fingerprint density at radius 3 is 2.47 bits per heavy atom. The number of nitrogens with zero attached hydrogens (tertiary/aromatic N) is 3. The molecule has 1 heterocycles. The van der Waals surface area contributed by atoms with Gasteiger partial charge in [0.15, 0.2) is 0 Å². The van der Waals surface area contributed by atoms with Crippen LogP contribution in [0.1, 0.15) is 57.6 Å². The lowest BCUT2D eigenvalue weighted by Gasteiger charge is -2.24. The molecule has 1 saturated carbocycles. The predicted molar refractivity (Wildman–Crippen MR) is 138 cm³/mol. The van der Waals surface area contributed by atoms with E-state index in [9.17, 15) is 4.39 Å². The summed E-state index contributed by atoms with van der Waals surface area (Å²) in [5, 5.41) is 1.04. The number of benzene rings is 3. The Hall–Kier alpha value is -3.01. The zero-order valence-electron chi connectivity index (χ0n) is 20.7. The molecule has 4 heteroatoms. The van der Waals surface area contributed by atoms with Crippen molar-refractivity contribution in [2.75, 3.05) is 0 Å². The molecule has 0 spiro atoms. The summed E-state index contributed by atoms with van der Waals surface area (Å²) in [6.07, 6.45) is 5.16. The van der Waals surface area contributed by atoms with Crippen molar-refractivity contribution in [1.82, 2.24) is 9.55 Å². The van der Waals surface area contributed by atoms with Crippen molar-refractivity contribution in [2.45, 2.75) is 71.5 Å². The van der Waals surface area contributed by atoms with Crippen LogP contribution in [-0.4, -0.2) is 21.3 Å². The second-order valence-electron chi connectivity index (χ2n) is 10.6. The molecular formula is C30H34FN3. The van der Waals surface area contributed by atoms with Gasteiger partial charge in [0, 0.05) is 12.1 Å². The van der Waals surface area contributed by atoms with Crippen molar-refractivity contribution in [3.05, 3.63) is 77.1 Å². The fourth-order valence-electron chi connectivity index (χ4n) is 5.24. The lowest BCUT2D eigenvalue weighted by molar-refractivity contribution is 0.217. The van der Waals surface area contributed by atoms with E-state index in [0.29, 0.717) is 12.5 Å². The number of alkyl halides is 1. The van der Waals surface area contributed by atoms with E-state index in [-0.39, 0.29) is 0 Å². The summed E-state index contributed by atoms with van der Waals surface area (Å²) in [6, 6.07) is 21.1. The lowest BCUT2D eigenvalue weighted by Crippen LogP contribution is -2.21. The van der Waals surface area contributed by atoms with Crippen molar-refractivity contribution in [3.8, 4) is 17.1 Å². The van der Waals surface area contributed by atoms with Gasteiger partial charge in [0.05, 0.1) is 33.8 Å². The van der Waals surface area contributed by atoms with Gasteiger partial charge in [-0.15, -0.1) is 0 Å². The third-order valence-electron chi connectivity index (χ3n) is 7.05. The number of aryl methyl sites for hydroxylation is 1. The standard InChI is InChI=1S/C30H34FN3/c1-20-13-15-23(16-14-20)32-25-18-29-26(17-21(25)2)33-24-10-6-8-12-28(24)34(29)27-11-7-5-9-22(27)19-30(3,4)31/h5-12,17-18,20,23H,13-16,19H2,1-4H3. The quantitative estimate of drug-likeness (QED) is 0.299. The van der Waals surface area contributed by atoms with Gasteiger partial charge in [-0.3, -0.25) is 4.99 Å². The van der Waals surface area contributed by atoms with Gasteiger partial charge >= 0.3 is 0 Å². The monoisotopic (exact) mass is 455 g/mol. The van der Waals surface area contributed by atoms with Crippen molar-refractivity contribution in [2.24, 2.45) is 10.9 Å². The Labute approximate surface area is 201 Å². The van der Waals surface area contributed by atoms with Crippen LogP contribution in [0.15, 0.2) is 65.7 Å². The zero-order valence-corrected chi connectivity index (χ0v) is 20.7. The van der Waals surface area contributed by atoms with Crippen LogP contribution in [-0.2, 0) is 6.42 Å².